The molecule has 0 aliphatic heterocycles. The van der Waals surface area contributed by atoms with Crippen LogP contribution in [0.25, 0.3) is 11.4 Å². The minimum atomic E-state index is -0.0369. The average molecular weight is 246 g/mol. The molecule has 0 fully saturated rings. The van der Waals surface area contributed by atoms with Gasteiger partial charge in [-0.1, -0.05) is 12.1 Å². The van der Waals surface area contributed by atoms with Crippen LogP contribution in [-0.2, 0) is 13.7 Å². The Morgan fingerprint density at radius 1 is 1.39 bits per heavy atom. The van der Waals surface area contributed by atoms with Gasteiger partial charge >= 0.3 is 0 Å². The zero-order valence-electron chi connectivity index (χ0n) is 11.0. The fourth-order valence-electron chi connectivity index (χ4n) is 1.94. The lowest BCUT2D eigenvalue weighted by atomic mass is 10.2. The topological polar surface area (TPSA) is 47.3 Å². The maximum absolute atomic E-state index is 9.24. The maximum Gasteiger partial charge on any atom is 0.140 e. The van der Waals surface area contributed by atoms with Crippen molar-refractivity contribution in [3.8, 4) is 17.1 Å². The lowest BCUT2D eigenvalue weighted by Gasteiger charge is -2.06. The van der Waals surface area contributed by atoms with Gasteiger partial charge in [0.05, 0.1) is 18.9 Å². The first-order chi connectivity index (χ1) is 8.67. The van der Waals surface area contributed by atoms with Gasteiger partial charge in [-0.15, -0.1) is 0 Å². The summed E-state index contributed by atoms with van der Waals surface area (Å²) in [5.41, 5.74) is 2.69. The molecule has 2 rings (SSSR count). The molecule has 0 saturated heterocycles. The van der Waals surface area contributed by atoms with Crippen LogP contribution in [0.1, 0.15) is 18.3 Å². The number of nitrogens with zero attached hydrogens (tertiary/aromatic N) is 2. The molecule has 0 aliphatic carbocycles. The van der Waals surface area contributed by atoms with E-state index < -0.39 is 0 Å². The molecule has 0 aliphatic rings. The number of benzene rings is 1. The van der Waals surface area contributed by atoms with Crippen LogP contribution in [0.15, 0.2) is 24.3 Å². The van der Waals surface area contributed by atoms with Gasteiger partial charge in [0.25, 0.3) is 0 Å². The number of hydrogen-bond donors (Lipinski definition) is 1. The molecule has 1 N–H and O–H groups in total. The van der Waals surface area contributed by atoms with Crippen LogP contribution in [-0.4, -0.2) is 21.3 Å². The van der Waals surface area contributed by atoms with Gasteiger partial charge < -0.3 is 14.4 Å². The van der Waals surface area contributed by atoms with Crippen LogP contribution in [0.3, 0.4) is 0 Å². The Hall–Kier alpha value is -1.81. The van der Waals surface area contributed by atoms with Crippen LogP contribution in [0.4, 0.5) is 0 Å². The highest BCUT2D eigenvalue weighted by Gasteiger charge is 2.12. The van der Waals surface area contributed by atoms with Crippen LogP contribution in [0.5, 0.6) is 5.75 Å². The first kappa shape index (κ1) is 12.6. The third-order valence-corrected chi connectivity index (χ3v) is 3.03. The molecule has 0 unspecified atom stereocenters. The van der Waals surface area contributed by atoms with Crippen molar-refractivity contribution in [3.05, 3.63) is 35.7 Å². The van der Waals surface area contributed by atoms with Gasteiger partial charge in [-0.05, 0) is 26.0 Å². The smallest absolute Gasteiger partial charge is 0.140 e. The van der Waals surface area contributed by atoms with Crippen molar-refractivity contribution in [1.82, 2.24) is 9.55 Å². The van der Waals surface area contributed by atoms with Gasteiger partial charge in [0, 0.05) is 18.3 Å². The molecule has 0 bridgehead atoms. The van der Waals surface area contributed by atoms with Gasteiger partial charge in [0.2, 0.25) is 0 Å². The van der Waals surface area contributed by atoms with Crippen LogP contribution in [0, 0.1) is 6.92 Å². The highest BCUT2D eigenvalue weighted by Crippen LogP contribution is 2.24. The Balaban J connectivity index is 2.45. The van der Waals surface area contributed by atoms with Gasteiger partial charge in [0.15, 0.2) is 0 Å². The number of aromatic nitrogens is 2. The van der Waals surface area contributed by atoms with E-state index in [1.165, 1.54) is 0 Å². The summed E-state index contributed by atoms with van der Waals surface area (Å²) in [4.78, 5) is 4.46. The van der Waals surface area contributed by atoms with Crippen molar-refractivity contribution in [3.63, 3.8) is 0 Å². The van der Waals surface area contributed by atoms with Crippen molar-refractivity contribution >= 4 is 0 Å². The molecule has 2 aromatic rings. The normalized spacial score (nSPS) is 10.7. The minimum Gasteiger partial charge on any atom is -0.494 e. The van der Waals surface area contributed by atoms with E-state index in [9.17, 15) is 5.11 Å². The van der Waals surface area contributed by atoms with Crippen molar-refractivity contribution in [2.24, 2.45) is 7.05 Å². The predicted octanol–water partition coefficient (Wildman–Crippen LogP) is 2.29. The maximum atomic E-state index is 9.24. The molecular formula is C14H18N2O2. The molecule has 1 heterocycles. The average Bonchev–Trinajstić information content (AvgIpc) is 2.67. The van der Waals surface area contributed by atoms with Crippen molar-refractivity contribution in [2.45, 2.75) is 20.5 Å². The highest BCUT2D eigenvalue weighted by molar-refractivity contribution is 5.59. The molecule has 0 radical (unpaired) electrons. The van der Waals surface area contributed by atoms with Gasteiger partial charge in [-0.25, -0.2) is 4.98 Å². The second-order valence-electron chi connectivity index (χ2n) is 4.15. The number of rotatable bonds is 4. The van der Waals surface area contributed by atoms with E-state index in [0.29, 0.717) is 12.3 Å². The number of aliphatic hydroxyl groups is 1. The van der Waals surface area contributed by atoms with E-state index in [2.05, 4.69) is 4.98 Å². The van der Waals surface area contributed by atoms with E-state index >= 15 is 0 Å². The predicted molar refractivity (Wildman–Crippen MR) is 70.5 cm³/mol. The monoisotopic (exact) mass is 246 g/mol. The van der Waals surface area contributed by atoms with E-state index in [-0.39, 0.29) is 6.61 Å². The fourth-order valence-corrected chi connectivity index (χ4v) is 1.94. The number of aliphatic hydroxyl groups excluding tert-OH is 1. The molecule has 1 aromatic carbocycles. The quantitative estimate of drug-likeness (QED) is 0.900. The lowest BCUT2D eigenvalue weighted by molar-refractivity contribution is 0.276. The number of imidazole rings is 1. The van der Waals surface area contributed by atoms with E-state index in [4.69, 9.17) is 4.74 Å². The largest absolute Gasteiger partial charge is 0.494 e. The van der Waals surface area contributed by atoms with Crippen molar-refractivity contribution in [1.29, 1.82) is 0 Å². The summed E-state index contributed by atoms with van der Waals surface area (Å²) in [5.74, 6) is 1.68. The molecule has 96 valence electrons. The van der Waals surface area contributed by atoms with Crippen LogP contribution >= 0.6 is 0 Å². The molecule has 1 aromatic heterocycles. The summed E-state index contributed by atoms with van der Waals surface area (Å²) in [6, 6.07) is 7.83. The minimum absolute atomic E-state index is 0.0369. The molecular weight excluding hydrogens is 228 g/mol. The lowest BCUT2D eigenvalue weighted by Crippen LogP contribution is -1.96. The molecule has 0 amide bonds. The summed E-state index contributed by atoms with van der Waals surface area (Å²) >= 11 is 0. The molecule has 0 atom stereocenters. The number of ether oxygens (including phenoxy) is 1. The zero-order valence-corrected chi connectivity index (χ0v) is 11.0. The van der Waals surface area contributed by atoms with Crippen LogP contribution < -0.4 is 4.74 Å². The summed E-state index contributed by atoms with van der Waals surface area (Å²) in [7, 11) is 1.95. The van der Waals surface area contributed by atoms with Gasteiger partial charge in [-0.3, -0.25) is 0 Å². The van der Waals surface area contributed by atoms with Gasteiger partial charge in [-0.2, -0.15) is 0 Å². The summed E-state index contributed by atoms with van der Waals surface area (Å²) in [6.45, 7) is 4.52. The first-order valence-electron chi connectivity index (χ1n) is 6.03. The molecule has 4 heteroatoms. The highest BCUT2D eigenvalue weighted by atomic mass is 16.5. The molecule has 4 nitrogen and oxygen atoms in total. The SMILES string of the molecule is CCOc1cccc(-c2nc(CO)c(C)n2C)c1. The zero-order chi connectivity index (χ0) is 13.1. The van der Waals surface area contributed by atoms with E-state index in [0.717, 1.165) is 22.8 Å². The first-order valence-corrected chi connectivity index (χ1v) is 6.03. The van der Waals surface area contributed by atoms with Crippen molar-refractivity contribution in [2.75, 3.05) is 6.61 Å². The Kier molecular flexibility index (Phi) is 3.67. The molecule has 0 saturated carbocycles. The Labute approximate surface area is 107 Å². The van der Waals surface area contributed by atoms with Crippen LogP contribution in [0.2, 0.25) is 0 Å². The number of hydrogen-bond acceptors (Lipinski definition) is 3. The fraction of sp³-hybridized carbons (Fsp3) is 0.357. The molecule has 0 spiro atoms. The summed E-state index contributed by atoms with van der Waals surface area (Å²) in [5, 5.41) is 9.24. The van der Waals surface area contributed by atoms with E-state index in [1.54, 1.807) is 0 Å². The molecule has 18 heavy (non-hydrogen) atoms. The second kappa shape index (κ2) is 5.23. The third-order valence-electron chi connectivity index (χ3n) is 3.03. The Bertz CT molecular complexity index is 547. The van der Waals surface area contributed by atoms with Crippen molar-refractivity contribution < 1.29 is 9.84 Å². The standard InChI is InChI=1S/C14H18N2O2/c1-4-18-12-7-5-6-11(8-12)14-15-13(9-17)10(2)16(14)3/h5-8,17H,4,9H2,1-3H3. The second-order valence-corrected chi connectivity index (χ2v) is 4.15. The van der Waals surface area contributed by atoms with Gasteiger partial charge in [0.1, 0.15) is 11.6 Å². The Morgan fingerprint density at radius 2 is 2.17 bits per heavy atom. The third kappa shape index (κ3) is 2.24. The van der Waals surface area contributed by atoms with E-state index in [1.807, 2.05) is 49.7 Å². The summed E-state index contributed by atoms with van der Waals surface area (Å²) in [6.07, 6.45) is 0. The summed E-state index contributed by atoms with van der Waals surface area (Å²) < 4.78 is 7.47. The Morgan fingerprint density at radius 3 is 2.78 bits per heavy atom.